The van der Waals surface area contributed by atoms with Crippen LogP contribution in [-0.2, 0) is 11.3 Å². The minimum absolute atomic E-state index is 0.00422. The minimum Gasteiger partial charge on any atom is -0.435 e. The van der Waals surface area contributed by atoms with E-state index in [0.717, 1.165) is 0 Å². The number of nitrogens with zero attached hydrogens (tertiary/aromatic N) is 3. The van der Waals surface area contributed by atoms with Crippen LogP contribution in [0.25, 0.3) is 0 Å². The molecule has 10 heteroatoms. The second-order valence-corrected chi connectivity index (χ2v) is 7.64. The number of likely N-dealkylation sites (N-methyl/N-ethyl adjacent to an activating group) is 1. The zero-order chi connectivity index (χ0) is 23.4. The van der Waals surface area contributed by atoms with Gasteiger partial charge >= 0.3 is 6.61 Å². The highest BCUT2D eigenvalue weighted by Crippen LogP contribution is 2.25. The molecule has 1 heterocycles. The number of nitro benzene ring substituents is 1. The molecule has 1 aliphatic rings. The normalized spacial score (nSPS) is 15.7. The Kier molecular flexibility index (Phi) is 7.01. The van der Waals surface area contributed by atoms with Crippen molar-refractivity contribution in [2.24, 2.45) is 0 Å². The molecule has 0 radical (unpaired) electrons. The summed E-state index contributed by atoms with van der Waals surface area (Å²) in [7, 11) is 1.58. The van der Waals surface area contributed by atoms with Gasteiger partial charge in [0.05, 0.1) is 4.92 Å². The lowest BCUT2D eigenvalue weighted by Crippen LogP contribution is -2.46. The summed E-state index contributed by atoms with van der Waals surface area (Å²) in [6.07, 6.45) is 1.15. The van der Waals surface area contributed by atoms with Crippen LogP contribution in [0.3, 0.4) is 0 Å². The number of rotatable bonds is 7. The van der Waals surface area contributed by atoms with Crippen LogP contribution < -0.4 is 4.74 Å². The van der Waals surface area contributed by atoms with Gasteiger partial charge in [-0.2, -0.15) is 8.78 Å². The highest BCUT2D eigenvalue weighted by Gasteiger charge is 2.36. The van der Waals surface area contributed by atoms with Gasteiger partial charge in [-0.05, 0) is 49.6 Å². The third kappa shape index (κ3) is 5.19. The quantitative estimate of drug-likeness (QED) is 0.476. The molecule has 1 atom stereocenters. The Morgan fingerprint density at radius 2 is 2.03 bits per heavy atom. The molecule has 1 fully saturated rings. The second kappa shape index (κ2) is 9.71. The zero-order valence-electron chi connectivity index (χ0n) is 17.7. The van der Waals surface area contributed by atoms with Crippen LogP contribution >= 0.6 is 0 Å². The Morgan fingerprint density at radius 1 is 1.28 bits per heavy atom. The van der Waals surface area contributed by atoms with Crippen LogP contribution in [0.5, 0.6) is 5.75 Å². The predicted molar refractivity (Wildman–Crippen MR) is 111 cm³/mol. The van der Waals surface area contributed by atoms with Crippen molar-refractivity contribution in [1.29, 1.82) is 0 Å². The number of carbonyl (C=O) groups excluding carboxylic acids is 2. The van der Waals surface area contributed by atoms with Gasteiger partial charge in [0.1, 0.15) is 11.8 Å². The molecular formula is C22H23F2N3O5. The summed E-state index contributed by atoms with van der Waals surface area (Å²) in [5.74, 6) is -0.626. The minimum atomic E-state index is -2.94. The summed E-state index contributed by atoms with van der Waals surface area (Å²) in [6, 6.07) is 9.57. The molecule has 3 rings (SSSR count). The van der Waals surface area contributed by atoms with E-state index in [-0.39, 0.29) is 35.4 Å². The molecule has 32 heavy (non-hydrogen) atoms. The van der Waals surface area contributed by atoms with Gasteiger partial charge in [-0.15, -0.1) is 0 Å². The fraction of sp³-hybridized carbons (Fsp3) is 0.364. The smallest absolute Gasteiger partial charge is 0.387 e. The zero-order valence-corrected chi connectivity index (χ0v) is 17.7. The van der Waals surface area contributed by atoms with Crippen molar-refractivity contribution < 1.29 is 28.0 Å². The van der Waals surface area contributed by atoms with Gasteiger partial charge in [0.2, 0.25) is 5.91 Å². The lowest BCUT2D eigenvalue weighted by Gasteiger charge is -2.28. The van der Waals surface area contributed by atoms with Crippen molar-refractivity contribution in [3.8, 4) is 5.75 Å². The number of nitro groups is 1. The summed E-state index contributed by atoms with van der Waals surface area (Å²) in [6.45, 7) is -0.822. The monoisotopic (exact) mass is 447 g/mol. The molecule has 0 aromatic heterocycles. The van der Waals surface area contributed by atoms with Crippen LogP contribution in [0, 0.1) is 17.0 Å². The maximum Gasteiger partial charge on any atom is 0.387 e. The average Bonchev–Trinajstić information content (AvgIpc) is 3.21. The summed E-state index contributed by atoms with van der Waals surface area (Å²) in [5, 5.41) is 11.0. The van der Waals surface area contributed by atoms with E-state index in [1.807, 2.05) is 0 Å². The number of halogens is 2. The van der Waals surface area contributed by atoms with Crippen molar-refractivity contribution in [3.05, 3.63) is 69.3 Å². The van der Waals surface area contributed by atoms with Crippen LogP contribution in [0.2, 0.25) is 0 Å². The van der Waals surface area contributed by atoms with Crippen molar-refractivity contribution in [3.63, 3.8) is 0 Å². The summed E-state index contributed by atoms with van der Waals surface area (Å²) in [4.78, 5) is 39.5. The van der Waals surface area contributed by atoms with Gasteiger partial charge in [-0.25, -0.2) is 0 Å². The lowest BCUT2D eigenvalue weighted by atomic mass is 10.1. The molecule has 1 saturated heterocycles. The van der Waals surface area contributed by atoms with E-state index < -0.39 is 17.6 Å². The number of alkyl halides is 2. The molecule has 0 N–H and O–H groups in total. The Bertz CT molecular complexity index is 1030. The van der Waals surface area contributed by atoms with Crippen LogP contribution in [0.15, 0.2) is 42.5 Å². The molecular weight excluding hydrogens is 424 g/mol. The fourth-order valence-corrected chi connectivity index (χ4v) is 3.85. The van der Waals surface area contributed by atoms with Crippen LogP contribution in [0.1, 0.15) is 34.3 Å². The number of hydrogen-bond donors (Lipinski definition) is 0. The van der Waals surface area contributed by atoms with Gasteiger partial charge in [0, 0.05) is 37.3 Å². The Hall–Kier alpha value is -3.56. The molecule has 0 spiro atoms. The van der Waals surface area contributed by atoms with Crippen molar-refractivity contribution in [1.82, 2.24) is 9.80 Å². The topological polar surface area (TPSA) is 93.0 Å². The molecule has 1 unspecified atom stereocenters. The van der Waals surface area contributed by atoms with Gasteiger partial charge in [0.15, 0.2) is 0 Å². The van der Waals surface area contributed by atoms with Crippen molar-refractivity contribution in [2.45, 2.75) is 39.0 Å². The van der Waals surface area contributed by atoms with Gasteiger partial charge < -0.3 is 14.5 Å². The third-order valence-corrected chi connectivity index (χ3v) is 5.36. The number of hydrogen-bond acceptors (Lipinski definition) is 5. The van der Waals surface area contributed by atoms with Crippen molar-refractivity contribution >= 4 is 17.5 Å². The molecule has 2 aromatic carbocycles. The average molecular weight is 447 g/mol. The van der Waals surface area contributed by atoms with Gasteiger partial charge in [0.25, 0.3) is 11.6 Å². The Balaban J connectivity index is 1.71. The molecule has 2 aromatic rings. The molecule has 0 saturated carbocycles. The van der Waals surface area contributed by atoms with E-state index in [2.05, 4.69) is 4.74 Å². The van der Waals surface area contributed by atoms with E-state index in [1.54, 1.807) is 26.1 Å². The Labute approximate surface area is 183 Å². The molecule has 0 bridgehead atoms. The van der Waals surface area contributed by atoms with Crippen LogP contribution in [-0.4, -0.2) is 52.8 Å². The summed E-state index contributed by atoms with van der Waals surface area (Å²) in [5.41, 5.74) is 1.19. The highest BCUT2D eigenvalue weighted by molar-refractivity contribution is 5.98. The van der Waals surface area contributed by atoms with Crippen LogP contribution in [0.4, 0.5) is 14.5 Å². The standard InChI is InChI=1S/C22H23F2N3O5/c1-14-11-16(8-9-18(14)27(30)31)20(28)26-10-4-7-19(26)21(29)25(2)13-15-5-3-6-17(12-15)32-22(23)24/h3,5-6,8-9,11-12,19,22H,4,7,10,13H2,1-2H3. The second-order valence-electron chi connectivity index (χ2n) is 7.64. The number of aryl methyl sites for hydroxylation is 1. The highest BCUT2D eigenvalue weighted by atomic mass is 19.3. The number of amides is 2. The molecule has 8 nitrogen and oxygen atoms in total. The fourth-order valence-electron chi connectivity index (χ4n) is 3.85. The molecule has 1 aliphatic heterocycles. The first-order valence-corrected chi connectivity index (χ1v) is 10.0. The first kappa shape index (κ1) is 23.1. The van der Waals surface area contributed by atoms with Gasteiger partial charge in [-0.3, -0.25) is 19.7 Å². The third-order valence-electron chi connectivity index (χ3n) is 5.36. The lowest BCUT2D eigenvalue weighted by molar-refractivity contribution is -0.385. The Morgan fingerprint density at radius 3 is 2.69 bits per heavy atom. The first-order chi connectivity index (χ1) is 15.2. The van der Waals surface area contributed by atoms with E-state index in [4.69, 9.17) is 0 Å². The molecule has 0 aliphatic carbocycles. The van der Waals surface area contributed by atoms with E-state index in [1.165, 1.54) is 40.1 Å². The van der Waals surface area contributed by atoms with Gasteiger partial charge in [-0.1, -0.05) is 12.1 Å². The largest absolute Gasteiger partial charge is 0.435 e. The van der Waals surface area contributed by atoms with Crippen molar-refractivity contribution in [2.75, 3.05) is 13.6 Å². The predicted octanol–water partition coefficient (Wildman–Crippen LogP) is 3.77. The number of ether oxygens (including phenoxy) is 1. The number of likely N-dealkylation sites (tertiary alicyclic amines) is 1. The maximum absolute atomic E-state index is 13.1. The number of carbonyl (C=O) groups is 2. The van der Waals surface area contributed by atoms with E-state index >= 15 is 0 Å². The maximum atomic E-state index is 13.1. The SMILES string of the molecule is Cc1cc(C(=O)N2CCCC2C(=O)N(C)Cc2cccc(OC(F)F)c2)ccc1[N+](=O)[O-]. The summed E-state index contributed by atoms with van der Waals surface area (Å²) < 4.78 is 29.3. The van der Waals surface area contributed by atoms with E-state index in [9.17, 15) is 28.5 Å². The molecule has 2 amide bonds. The first-order valence-electron chi connectivity index (χ1n) is 10.0. The van der Waals surface area contributed by atoms with E-state index in [0.29, 0.717) is 30.5 Å². The molecule has 170 valence electrons. The summed E-state index contributed by atoms with van der Waals surface area (Å²) >= 11 is 0. The number of benzene rings is 2.